The Balaban J connectivity index is 2.62. The van der Waals surface area contributed by atoms with E-state index >= 15 is 0 Å². The van der Waals surface area contributed by atoms with Crippen LogP contribution in [-0.2, 0) is 0 Å². The van der Waals surface area contributed by atoms with Crippen LogP contribution in [-0.4, -0.2) is 7.85 Å². The van der Waals surface area contributed by atoms with Gasteiger partial charge in [-0.05, 0) is 6.20 Å². The average molecular weight is 68.9 g/mol. The first kappa shape index (κ1) is 4.60. The third kappa shape index (κ3) is 3.60. The second-order valence-electron chi connectivity index (χ2n) is 0.836. The van der Waals surface area contributed by atoms with Gasteiger partial charge in [0.15, 0.2) is 0 Å². The fourth-order valence-electron chi connectivity index (χ4n) is 0.136. The van der Waals surface area contributed by atoms with Gasteiger partial charge in [0.25, 0.3) is 0 Å². The number of hydrogen-bond donors (Lipinski definition) is 1. The molecule has 0 aliphatic rings. The third-order valence-electron chi connectivity index (χ3n) is 0.372. The van der Waals surface area contributed by atoms with Gasteiger partial charge in [-0.2, -0.15) is 0 Å². The zero-order valence-electron chi connectivity index (χ0n) is 3.44. The highest BCUT2D eigenvalue weighted by Gasteiger charge is 1.53. The van der Waals surface area contributed by atoms with Crippen molar-refractivity contribution in [1.29, 1.82) is 0 Å². The second kappa shape index (κ2) is 3.60. The summed E-state index contributed by atoms with van der Waals surface area (Å²) in [4.78, 5) is 0. The molecule has 0 aromatic heterocycles. The lowest BCUT2D eigenvalue weighted by Gasteiger charge is -1.65. The van der Waals surface area contributed by atoms with E-state index in [-0.39, 0.29) is 0 Å². The van der Waals surface area contributed by atoms with E-state index in [1.165, 1.54) is 0 Å². The first-order valence-electron chi connectivity index (χ1n) is 1.78. The summed E-state index contributed by atoms with van der Waals surface area (Å²) >= 11 is 0. The molecule has 0 aliphatic carbocycles. The van der Waals surface area contributed by atoms with E-state index in [2.05, 4.69) is 0 Å². The molecule has 0 aromatic carbocycles. The Bertz CT molecular complexity index is 33.9. The Morgan fingerprint density at radius 2 is 2.40 bits per heavy atom. The van der Waals surface area contributed by atoms with Gasteiger partial charge in [0.2, 0.25) is 0 Å². The van der Waals surface area contributed by atoms with Crippen LogP contribution in [0.4, 0.5) is 0 Å². The number of rotatable bonds is 1. The molecule has 2 N–H and O–H groups in total. The minimum absolute atomic E-state index is 1.04. The maximum atomic E-state index is 4.96. The lowest BCUT2D eigenvalue weighted by Crippen LogP contribution is -1.73. The van der Waals surface area contributed by atoms with Crippen molar-refractivity contribution in [3.63, 3.8) is 0 Å². The van der Waals surface area contributed by atoms with Crippen molar-refractivity contribution >= 4 is 7.85 Å². The second-order valence-corrected chi connectivity index (χ2v) is 0.836. The van der Waals surface area contributed by atoms with Crippen molar-refractivity contribution in [3.05, 3.63) is 12.3 Å². The maximum Gasteiger partial charge on any atom is 0.106 e. The molecule has 0 saturated heterocycles. The predicted molar refractivity (Wildman–Crippen MR) is 26.7 cm³/mol. The molecule has 28 valence electrons. The molecule has 0 atom stereocenters. The van der Waals surface area contributed by atoms with Crippen LogP contribution in [0.25, 0.3) is 0 Å². The highest BCUT2D eigenvalue weighted by atomic mass is 14.5. The van der Waals surface area contributed by atoms with E-state index in [0.717, 1.165) is 6.32 Å². The van der Waals surface area contributed by atoms with E-state index in [1.807, 2.05) is 13.9 Å². The fraction of sp³-hybridized carbons (Fsp3) is 0.333. The van der Waals surface area contributed by atoms with Gasteiger partial charge in [0, 0.05) is 0 Å². The van der Waals surface area contributed by atoms with Gasteiger partial charge in [-0.15, -0.1) is 0 Å². The van der Waals surface area contributed by atoms with Crippen LogP contribution in [0, 0.1) is 0 Å². The molecule has 0 unspecified atom stereocenters. The summed E-state index contributed by atoms with van der Waals surface area (Å²) in [5.74, 6) is 0. The van der Waals surface area contributed by atoms with Gasteiger partial charge in [-0.25, -0.2) is 0 Å². The molecule has 0 rings (SSSR count). The van der Waals surface area contributed by atoms with Crippen molar-refractivity contribution in [1.82, 2.24) is 0 Å². The Morgan fingerprint density at radius 3 is 2.40 bits per heavy atom. The standard InChI is InChI=1S/C3H8BN/c4-2-1-3-5/h1,3H,2,4-5H2/b3-1-. The molecular formula is C3H8BN. The van der Waals surface area contributed by atoms with Crippen LogP contribution < -0.4 is 5.73 Å². The number of nitrogens with two attached hydrogens (primary N) is 1. The van der Waals surface area contributed by atoms with Crippen molar-refractivity contribution in [2.75, 3.05) is 0 Å². The molecule has 0 heterocycles. The summed E-state index contributed by atoms with van der Waals surface area (Å²) in [6.45, 7) is 0. The predicted octanol–water partition coefficient (Wildman–Crippen LogP) is -0.490. The molecule has 0 fully saturated rings. The Morgan fingerprint density at radius 1 is 1.80 bits per heavy atom. The van der Waals surface area contributed by atoms with E-state index in [4.69, 9.17) is 5.73 Å². The molecular weight excluding hydrogens is 60.9 g/mol. The first-order valence-corrected chi connectivity index (χ1v) is 1.78. The molecule has 0 aromatic rings. The Hall–Kier alpha value is -0.395. The zero-order valence-corrected chi connectivity index (χ0v) is 3.44. The van der Waals surface area contributed by atoms with E-state index in [9.17, 15) is 0 Å². The summed E-state index contributed by atoms with van der Waals surface area (Å²) in [5.41, 5.74) is 4.96. The smallest absolute Gasteiger partial charge is 0.106 e. The topological polar surface area (TPSA) is 26.0 Å². The van der Waals surface area contributed by atoms with Gasteiger partial charge < -0.3 is 5.73 Å². The minimum Gasteiger partial charge on any atom is -0.405 e. The number of hydrogen-bond acceptors (Lipinski definition) is 1. The Kier molecular flexibility index (Phi) is 3.32. The summed E-state index contributed by atoms with van der Waals surface area (Å²) in [6, 6.07) is 0. The zero-order chi connectivity index (χ0) is 4.12. The van der Waals surface area contributed by atoms with Crippen LogP contribution in [0.1, 0.15) is 0 Å². The van der Waals surface area contributed by atoms with Gasteiger partial charge >= 0.3 is 0 Å². The van der Waals surface area contributed by atoms with Gasteiger partial charge in [0.05, 0.1) is 0 Å². The van der Waals surface area contributed by atoms with Crippen LogP contribution in [0.15, 0.2) is 12.3 Å². The van der Waals surface area contributed by atoms with E-state index < -0.39 is 0 Å². The molecule has 1 nitrogen and oxygen atoms in total. The van der Waals surface area contributed by atoms with Crippen LogP contribution >= 0.6 is 0 Å². The average Bonchev–Trinajstić information content (AvgIpc) is 1.41. The molecule has 5 heavy (non-hydrogen) atoms. The molecule has 0 bridgehead atoms. The highest BCUT2D eigenvalue weighted by molar-refractivity contribution is 6.09. The molecule has 2 heteroatoms. The quantitative estimate of drug-likeness (QED) is 0.413. The summed E-state index contributed by atoms with van der Waals surface area (Å²) in [6.07, 6.45) is 4.50. The van der Waals surface area contributed by atoms with E-state index in [0.29, 0.717) is 0 Å². The van der Waals surface area contributed by atoms with Crippen LogP contribution in [0.5, 0.6) is 0 Å². The lowest BCUT2D eigenvalue weighted by atomic mass is 10.1. The largest absolute Gasteiger partial charge is 0.405 e. The van der Waals surface area contributed by atoms with E-state index in [1.54, 1.807) is 6.20 Å². The van der Waals surface area contributed by atoms with Crippen LogP contribution in [0.2, 0.25) is 6.32 Å². The molecule has 0 aliphatic heterocycles. The fourth-order valence-corrected chi connectivity index (χ4v) is 0.136. The van der Waals surface area contributed by atoms with Gasteiger partial charge in [-0.3, -0.25) is 0 Å². The molecule has 0 amide bonds. The monoisotopic (exact) mass is 69.1 g/mol. The number of allylic oxidation sites excluding steroid dienone is 1. The highest BCUT2D eigenvalue weighted by Crippen LogP contribution is 1.66. The first-order chi connectivity index (χ1) is 2.41. The third-order valence-corrected chi connectivity index (χ3v) is 0.372. The van der Waals surface area contributed by atoms with Crippen LogP contribution in [0.3, 0.4) is 0 Å². The summed E-state index contributed by atoms with van der Waals surface area (Å²) in [7, 11) is 2.04. The lowest BCUT2D eigenvalue weighted by molar-refractivity contribution is 1.55. The molecule has 0 spiro atoms. The normalized spacial score (nSPS) is 9.60. The summed E-state index contributed by atoms with van der Waals surface area (Å²) in [5, 5.41) is 0. The maximum absolute atomic E-state index is 4.96. The summed E-state index contributed by atoms with van der Waals surface area (Å²) < 4.78 is 0. The minimum atomic E-state index is 1.04. The SMILES string of the molecule is BC/C=C\N. The van der Waals surface area contributed by atoms with Crippen molar-refractivity contribution in [2.45, 2.75) is 6.32 Å². The molecule has 0 radical (unpaired) electrons. The van der Waals surface area contributed by atoms with Crippen molar-refractivity contribution in [3.8, 4) is 0 Å². The Labute approximate surface area is 33.3 Å². The molecule has 0 saturated carbocycles. The van der Waals surface area contributed by atoms with Gasteiger partial charge in [-0.1, -0.05) is 12.4 Å². The van der Waals surface area contributed by atoms with Crippen molar-refractivity contribution < 1.29 is 0 Å². The van der Waals surface area contributed by atoms with Crippen molar-refractivity contribution in [2.24, 2.45) is 5.73 Å². The van der Waals surface area contributed by atoms with Gasteiger partial charge in [0.1, 0.15) is 7.85 Å².